The number of hydrogen-bond donors (Lipinski definition) is 1. The van der Waals surface area contributed by atoms with Crippen molar-refractivity contribution in [3.8, 4) is 0 Å². The highest BCUT2D eigenvalue weighted by Crippen LogP contribution is 2.36. The molecule has 40 heavy (non-hydrogen) atoms. The third-order valence-corrected chi connectivity index (χ3v) is 8.55. The van der Waals surface area contributed by atoms with Crippen molar-refractivity contribution in [3.63, 3.8) is 0 Å². The standard InChI is InChI=1S/C29H30ClN5O5/c30-19-4-1-5-20(16-19)34-13-3-12-33(29(34)40)17-18-10-14-32(15-11-18)22-7-2-6-21-25(22)28(39)35(27(21)38)23-8-9-24(36)31-26(23)37/h1-2,4-7,16,18,23H,3,8-15,17H2,(H,31,36,37). The van der Waals surface area contributed by atoms with Gasteiger partial charge in [0.05, 0.1) is 16.8 Å². The van der Waals surface area contributed by atoms with Crippen LogP contribution >= 0.6 is 11.6 Å². The minimum Gasteiger partial charge on any atom is -0.371 e. The number of hydrogen-bond acceptors (Lipinski definition) is 6. The Morgan fingerprint density at radius 3 is 2.40 bits per heavy atom. The predicted octanol–water partition coefficient (Wildman–Crippen LogP) is 3.29. The maximum atomic E-state index is 13.5. The molecule has 6 rings (SSSR count). The van der Waals surface area contributed by atoms with Crippen molar-refractivity contribution in [1.82, 2.24) is 15.1 Å². The number of halogens is 1. The molecule has 4 aliphatic rings. The molecule has 0 radical (unpaired) electrons. The van der Waals surface area contributed by atoms with Crippen LogP contribution in [0.1, 0.15) is 52.8 Å². The monoisotopic (exact) mass is 563 g/mol. The Morgan fingerprint density at radius 2 is 1.65 bits per heavy atom. The molecule has 0 spiro atoms. The molecule has 0 bridgehead atoms. The van der Waals surface area contributed by atoms with Gasteiger partial charge in [-0.05, 0) is 61.9 Å². The fourth-order valence-electron chi connectivity index (χ4n) is 6.26. The third-order valence-electron chi connectivity index (χ3n) is 8.31. The molecule has 3 fully saturated rings. The van der Waals surface area contributed by atoms with E-state index in [9.17, 15) is 24.0 Å². The van der Waals surface area contributed by atoms with Crippen molar-refractivity contribution >= 4 is 52.6 Å². The van der Waals surface area contributed by atoms with Gasteiger partial charge in [-0.1, -0.05) is 23.7 Å². The smallest absolute Gasteiger partial charge is 0.324 e. The first-order chi connectivity index (χ1) is 19.3. The minimum atomic E-state index is -0.989. The predicted molar refractivity (Wildman–Crippen MR) is 148 cm³/mol. The van der Waals surface area contributed by atoms with Gasteiger partial charge in [0.25, 0.3) is 11.8 Å². The molecule has 6 amide bonds. The molecule has 1 N–H and O–H groups in total. The highest BCUT2D eigenvalue weighted by Gasteiger charge is 2.46. The number of imide groups is 2. The van der Waals surface area contributed by atoms with Crippen molar-refractivity contribution in [3.05, 3.63) is 58.6 Å². The Balaban J connectivity index is 1.12. The normalized spacial score (nSPS) is 22.2. The van der Waals surface area contributed by atoms with Gasteiger partial charge < -0.3 is 9.80 Å². The second-order valence-corrected chi connectivity index (χ2v) is 11.2. The average molecular weight is 564 g/mol. The summed E-state index contributed by atoms with van der Waals surface area (Å²) < 4.78 is 0. The van der Waals surface area contributed by atoms with Crippen LogP contribution in [-0.4, -0.2) is 78.2 Å². The SMILES string of the molecule is O=C1CCC(N2C(=O)c3cccc(N4CCC(CN5CCCN(c6cccc(Cl)c6)C5=O)CC4)c3C2=O)C(=O)N1. The molecule has 1 atom stereocenters. The quantitative estimate of drug-likeness (QED) is 0.559. The number of urea groups is 1. The molecule has 1 unspecified atom stereocenters. The topological polar surface area (TPSA) is 110 Å². The zero-order valence-electron chi connectivity index (χ0n) is 22.0. The van der Waals surface area contributed by atoms with E-state index in [-0.39, 0.29) is 24.4 Å². The lowest BCUT2D eigenvalue weighted by atomic mass is 9.94. The Bertz CT molecular complexity index is 1400. The van der Waals surface area contributed by atoms with Crippen LogP contribution in [0.3, 0.4) is 0 Å². The van der Waals surface area contributed by atoms with E-state index in [2.05, 4.69) is 10.2 Å². The van der Waals surface area contributed by atoms with E-state index in [1.165, 1.54) is 0 Å². The molecule has 208 valence electrons. The van der Waals surface area contributed by atoms with Crippen LogP contribution in [0.4, 0.5) is 16.2 Å². The number of carbonyl (C=O) groups is 5. The first-order valence-electron chi connectivity index (χ1n) is 13.7. The summed E-state index contributed by atoms with van der Waals surface area (Å²) in [5, 5.41) is 2.84. The number of rotatable bonds is 5. The summed E-state index contributed by atoms with van der Waals surface area (Å²) in [5.74, 6) is -1.70. The fourth-order valence-corrected chi connectivity index (χ4v) is 6.45. The Hall–Kier alpha value is -3.92. The number of anilines is 2. The second-order valence-electron chi connectivity index (χ2n) is 10.8. The first-order valence-corrected chi connectivity index (χ1v) is 14.1. The lowest BCUT2D eigenvalue weighted by Gasteiger charge is -2.40. The van der Waals surface area contributed by atoms with E-state index >= 15 is 0 Å². The molecule has 11 heteroatoms. The average Bonchev–Trinajstić information content (AvgIpc) is 3.20. The van der Waals surface area contributed by atoms with Crippen molar-refractivity contribution in [2.45, 2.75) is 38.1 Å². The summed E-state index contributed by atoms with van der Waals surface area (Å²) >= 11 is 6.15. The minimum absolute atomic E-state index is 0.00512. The molecule has 4 aliphatic heterocycles. The number of nitrogens with zero attached hydrogens (tertiary/aromatic N) is 4. The fraction of sp³-hybridized carbons (Fsp3) is 0.414. The molecular weight excluding hydrogens is 534 g/mol. The van der Waals surface area contributed by atoms with Crippen LogP contribution in [0.5, 0.6) is 0 Å². The van der Waals surface area contributed by atoms with Crippen molar-refractivity contribution in [2.24, 2.45) is 5.92 Å². The highest BCUT2D eigenvalue weighted by atomic mass is 35.5. The Labute approximate surface area is 236 Å². The number of carbonyl (C=O) groups excluding carboxylic acids is 5. The number of nitrogens with one attached hydrogen (secondary N) is 1. The molecule has 10 nitrogen and oxygen atoms in total. The van der Waals surface area contributed by atoms with Crippen molar-refractivity contribution in [1.29, 1.82) is 0 Å². The second kappa shape index (κ2) is 10.6. The number of benzene rings is 2. The van der Waals surface area contributed by atoms with E-state index in [4.69, 9.17) is 11.6 Å². The summed E-state index contributed by atoms with van der Waals surface area (Å²) in [4.78, 5) is 70.8. The molecule has 0 aromatic heterocycles. The zero-order chi connectivity index (χ0) is 28.0. The Morgan fingerprint density at radius 1 is 0.875 bits per heavy atom. The van der Waals surface area contributed by atoms with Gasteiger partial charge in [0, 0.05) is 49.9 Å². The molecule has 2 aromatic rings. The van der Waals surface area contributed by atoms with E-state index in [1.54, 1.807) is 23.1 Å². The molecule has 0 aliphatic carbocycles. The first kappa shape index (κ1) is 26.3. The molecular formula is C29H30ClN5O5. The van der Waals surface area contributed by atoms with E-state index in [0.29, 0.717) is 48.4 Å². The van der Waals surface area contributed by atoms with E-state index in [1.807, 2.05) is 29.2 Å². The molecule has 3 saturated heterocycles. The van der Waals surface area contributed by atoms with E-state index in [0.717, 1.165) is 36.4 Å². The number of piperidine rings is 2. The lowest BCUT2D eigenvalue weighted by molar-refractivity contribution is -0.136. The number of amides is 6. The van der Waals surface area contributed by atoms with E-state index < -0.39 is 29.7 Å². The van der Waals surface area contributed by atoms with Crippen LogP contribution in [-0.2, 0) is 9.59 Å². The summed E-state index contributed by atoms with van der Waals surface area (Å²) in [5.41, 5.74) is 2.10. The van der Waals surface area contributed by atoms with Gasteiger partial charge in [-0.2, -0.15) is 0 Å². The van der Waals surface area contributed by atoms with Crippen LogP contribution < -0.4 is 15.1 Å². The van der Waals surface area contributed by atoms with Gasteiger partial charge in [-0.25, -0.2) is 4.79 Å². The summed E-state index contributed by atoms with van der Waals surface area (Å²) in [6.07, 6.45) is 2.77. The largest absolute Gasteiger partial charge is 0.371 e. The van der Waals surface area contributed by atoms with Gasteiger partial charge in [-0.15, -0.1) is 0 Å². The van der Waals surface area contributed by atoms with Gasteiger partial charge >= 0.3 is 6.03 Å². The lowest BCUT2D eigenvalue weighted by Crippen LogP contribution is -2.54. The third kappa shape index (κ3) is 4.70. The van der Waals surface area contributed by atoms with Crippen molar-refractivity contribution in [2.75, 3.05) is 42.5 Å². The molecule has 2 aromatic carbocycles. The van der Waals surface area contributed by atoms with Crippen LogP contribution in [0, 0.1) is 5.92 Å². The van der Waals surface area contributed by atoms with Crippen LogP contribution in [0.25, 0.3) is 0 Å². The number of fused-ring (bicyclic) bond motifs is 1. The molecule has 4 heterocycles. The summed E-state index contributed by atoms with van der Waals surface area (Å²) in [6.45, 7) is 3.41. The maximum absolute atomic E-state index is 13.5. The molecule has 0 saturated carbocycles. The maximum Gasteiger partial charge on any atom is 0.324 e. The van der Waals surface area contributed by atoms with Gasteiger partial charge in [0.2, 0.25) is 11.8 Å². The summed E-state index contributed by atoms with van der Waals surface area (Å²) in [6, 6.07) is 11.6. The van der Waals surface area contributed by atoms with Crippen LogP contribution in [0.15, 0.2) is 42.5 Å². The van der Waals surface area contributed by atoms with Crippen LogP contribution in [0.2, 0.25) is 5.02 Å². The van der Waals surface area contributed by atoms with Gasteiger partial charge in [-0.3, -0.25) is 34.3 Å². The van der Waals surface area contributed by atoms with Gasteiger partial charge in [0.15, 0.2) is 0 Å². The Kier molecular flexibility index (Phi) is 6.95. The zero-order valence-corrected chi connectivity index (χ0v) is 22.7. The van der Waals surface area contributed by atoms with Gasteiger partial charge in [0.1, 0.15) is 6.04 Å². The highest BCUT2D eigenvalue weighted by molar-refractivity contribution is 6.31. The summed E-state index contributed by atoms with van der Waals surface area (Å²) in [7, 11) is 0. The van der Waals surface area contributed by atoms with Crippen molar-refractivity contribution < 1.29 is 24.0 Å².